The van der Waals surface area contributed by atoms with Crippen LogP contribution in [0.4, 0.5) is 0 Å². The minimum Gasteiger partial charge on any atom is -0.299 e. The van der Waals surface area contributed by atoms with Crippen molar-refractivity contribution in [3.63, 3.8) is 0 Å². The van der Waals surface area contributed by atoms with Crippen LogP contribution in [-0.4, -0.2) is 17.8 Å². The van der Waals surface area contributed by atoms with Gasteiger partial charge in [-0.1, -0.05) is 31.5 Å². The molecule has 1 unspecified atom stereocenters. The lowest BCUT2D eigenvalue weighted by Gasteiger charge is -2.26. The van der Waals surface area contributed by atoms with Crippen molar-refractivity contribution in [3.05, 3.63) is 29.8 Å². The van der Waals surface area contributed by atoms with E-state index in [0.717, 1.165) is 38.0 Å². The third kappa shape index (κ3) is 5.56. The second-order valence-corrected chi connectivity index (χ2v) is 6.41. The van der Waals surface area contributed by atoms with Crippen LogP contribution in [0.3, 0.4) is 0 Å². The Morgan fingerprint density at radius 3 is 2.75 bits per heavy atom. The molecule has 0 saturated carbocycles. The number of nitriles is 1. The molecule has 1 N–H and O–H groups in total. The van der Waals surface area contributed by atoms with Gasteiger partial charge in [0.15, 0.2) is 0 Å². The van der Waals surface area contributed by atoms with Crippen LogP contribution in [0, 0.1) is 18.3 Å². The molecule has 0 aliphatic heterocycles. The van der Waals surface area contributed by atoms with Gasteiger partial charge in [0.1, 0.15) is 5.54 Å². The molecule has 1 aromatic rings. The fraction of sp³-hybridized carbons (Fsp3) is 0.588. The van der Waals surface area contributed by atoms with Crippen LogP contribution in [0.5, 0.6) is 0 Å². The van der Waals surface area contributed by atoms with Gasteiger partial charge in [0.2, 0.25) is 0 Å². The van der Waals surface area contributed by atoms with Crippen molar-refractivity contribution < 1.29 is 0 Å². The first-order valence-electron chi connectivity index (χ1n) is 7.51. The number of hydrogen-bond donors (Lipinski definition) is 1. The first kappa shape index (κ1) is 17.1. The van der Waals surface area contributed by atoms with Crippen molar-refractivity contribution >= 4 is 11.8 Å². The van der Waals surface area contributed by atoms with Gasteiger partial charge < -0.3 is 0 Å². The predicted molar refractivity (Wildman–Crippen MR) is 88.1 cm³/mol. The van der Waals surface area contributed by atoms with Crippen LogP contribution in [0.15, 0.2) is 29.2 Å². The molecule has 1 rings (SSSR count). The van der Waals surface area contributed by atoms with Crippen LogP contribution in [0.1, 0.15) is 45.1 Å². The maximum Gasteiger partial charge on any atom is 0.106 e. The van der Waals surface area contributed by atoms with E-state index in [1.165, 1.54) is 10.5 Å². The molecular formula is C17H26N2S. The van der Waals surface area contributed by atoms with Crippen molar-refractivity contribution in [2.24, 2.45) is 0 Å². The summed E-state index contributed by atoms with van der Waals surface area (Å²) >= 11 is 1.88. The average Bonchev–Trinajstić information content (AvgIpc) is 2.47. The molecule has 0 radical (unpaired) electrons. The molecule has 3 heteroatoms. The largest absolute Gasteiger partial charge is 0.299 e. The Bertz CT molecular complexity index is 439. The minimum absolute atomic E-state index is 0.330. The van der Waals surface area contributed by atoms with Gasteiger partial charge in [0, 0.05) is 4.90 Å². The van der Waals surface area contributed by atoms with E-state index in [1.54, 1.807) is 0 Å². The normalized spacial score (nSPS) is 13.7. The van der Waals surface area contributed by atoms with Crippen molar-refractivity contribution in [2.45, 2.75) is 56.9 Å². The van der Waals surface area contributed by atoms with Gasteiger partial charge >= 0.3 is 0 Å². The van der Waals surface area contributed by atoms with E-state index in [1.807, 2.05) is 11.8 Å². The van der Waals surface area contributed by atoms with Crippen LogP contribution in [0.2, 0.25) is 0 Å². The topological polar surface area (TPSA) is 35.8 Å². The van der Waals surface area contributed by atoms with Crippen LogP contribution in [0.25, 0.3) is 0 Å². The van der Waals surface area contributed by atoms with Crippen molar-refractivity contribution in [2.75, 3.05) is 12.3 Å². The van der Waals surface area contributed by atoms with Crippen LogP contribution >= 0.6 is 11.8 Å². The first-order chi connectivity index (χ1) is 9.65. The molecular weight excluding hydrogens is 264 g/mol. The quantitative estimate of drug-likeness (QED) is 0.536. The molecule has 20 heavy (non-hydrogen) atoms. The lowest BCUT2D eigenvalue weighted by Crippen LogP contribution is -2.43. The molecule has 0 aliphatic rings. The fourth-order valence-electron chi connectivity index (χ4n) is 2.20. The molecule has 2 nitrogen and oxygen atoms in total. The van der Waals surface area contributed by atoms with Gasteiger partial charge in [-0.25, -0.2) is 0 Å². The summed E-state index contributed by atoms with van der Waals surface area (Å²) in [5.41, 5.74) is 0.975. The van der Waals surface area contributed by atoms with E-state index < -0.39 is 0 Å². The molecule has 0 spiro atoms. The standard InChI is InChI=1S/C17H26N2S/c1-4-11-19-17(5-2,14-18)10-7-12-20-16-9-6-8-15(3)13-16/h6,8-9,13,19H,4-5,7,10-12H2,1-3H3. The van der Waals surface area contributed by atoms with Crippen molar-refractivity contribution in [1.29, 1.82) is 5.26 Å². The highest BCUT2D eigenvalue weighted by molar-refractivity contribution is 7.99. The smallest absolute Gasteiger partial charge is 0.106 e. The Labute approximate surface area is 128 Å². The Balaban J connectivity index is 2.39. The third-order valence-electron chi connectivity index (χ3n) is 3.54. The van der Waals surface area contributed by atoms with E-state index in [9.17, 15) is 5.26 Å². The van der Waals surface area contributed by atoms with Gasteiger partial charge in [0.25, 0.3) is 0 Å². The van der Waals surface area contributed by atoms with Gasteiger partial charge in [-0.15, -0.1) is 11.8 Å². The zero-order chi connectivity index (χ0) is 14.8. The van der Waals surface area contributed by atoms with Crippen LogP contribution in [-0.2, 0) is 0 Å². The molecule has 0 aliphatic carbocycles. The van der Waals surface area contributed by atoms with Gasteiger partial charge in [-0.3, -0.25) is 5.32 Å². The highest BCUT2D eigenvalue weighted by Crippen LogP contribution is 2.23. The first-order valence-corrected chi connectivity index (χ1v) is 8.50. The Morgan fingerprint density at radius 1 is 1.35 bits per heavy atom. The lowest BCUT2D eigenvalue weighted by atomic mass is 9.92. The van der Waals surface area contributed by atoms with Crippen molar-refractivity contribution in [1.82, 2.24) is 5.32 Å². The fourth-order valence-corrected chi connectivity index (χ4v) is 3.17. The van der Waals surface area contributed by atoms with E-state index in [0.29, 0.717) is 0 Å². The molecule has 0 saturated heterocycles. The maximum atomic E-state index is 9.44. The summed E-state index contributed by atoms with van der Waals surface area (Å²) in [6.07, 6.45) is 3.94. The maximum absolute atomic E-state index is 9.44. The SMILES string of the molecule is CCCNC(C#N)(CC)CCCSc1cccc(C)c1. The molecule has 0 aromatic heterocycles. The summed E-state index contributed by atoms with van der Waals surface area (Å²) in [5.74, 6) is 1.07. The number of benzene rings is 1. The minimum atomic E-state index is -0.330. The number of thioether (sulfide) groups is 1. The van der Waals surface area contributed by atoms with E-state index >= 15 is 0 Å². The zero-order valence-corrected chi connectivity index (χ0v) is 13.7. The molecule has 0 amide bonds. The summed E-state index contributed by atoms with van der Waals surface area (Å²) in [5, 5.41) is 12.9. The van der Waals surface area contributed by atoms with Crippen LogP contribution < -0.4 is 5.32 Å². The summed E-state index contributed by atoms with van der Waals surface area (Å²) in [7, 11) is 0. The second-order valence-electron chi connectivity index (χ2n) is 5.24. The number of aryl methyl sites for hydroxylation is 1. The molecule has 0 bridgehead atoms. The summed E-state index contributed by atoms with van der Waals surface area (Å²) in [6.45, 7) is 7.28. The van der Waals surface area contributed by atoms with E-state index in [2.05, 4.69) is 56.4 Å². The molecule has 0 fully saturated rings. The predicted octanol–water partition coefficient (Wildman–Crippen LogP) is 4.54. The average molecular weight is 290 g/mol. The van der Waals surface area contributed by atoms with Crippen molar-refractivity contribution in [3.8, 4) is 6.07 Å². The zero-order valence-electron chi connectivity index (χ0n) is 12.9. The number of nitrogens with zero attached hydrogens (tertiary/aromatic N) is 1. The van der Waals surface area contributed by atoms with E-state index in [-0.39, 0.29) is 5.54 Å². The molecule has 110 valence electrons. The lowest BCUT2D eigenvalue weighted by molar-refractivity contribution is 0.371. The number of hydrogen-bond acceptors (Lipinski definition) is 3. The summed E-state index contributed by atoms with van der Waals surface area (Å²) in [6, 6.07) is 11.1. The Hall–Kier alpha value is -0.980. The third-order valence-corrected chi connectivity index (χ3v) is 4.62. The van der Waals surface area contributed by atoms with Gasteiger partial charge in [0.05, 0.1) is 6.07 Å². The molecule has 1 aromatic carbocycles. The Morgan fingerprint density at radius 2 is 2.15 bits per heavy atom. The Kier molecular flexibility index (Phi) is 7.72. The van der Waals surface area contributed by atoms with E-state index in [4.69, 9.17) is 0 Å². The second kappa shape index (κ2) is 9.05. The number of nitrogens with one attached hydrogen (secondary N) is 1. The summed E-state index contributed by atoms with van der Waals surface area (Å²) in [4.78, 5) is 1.32. The monoisotopic (exact) mass is 290 g/mol. The molecule has 0 heterocycles. The van der Waals surface area contributed by atoms with Gasteiger partial charge in [-0.2, -0.15) is 5.26 Å². The molecule has 1 atom stereocenters. The highest BCUT2D eigenvalue weighted by Gasteiger charge is 2.25. The number of rotatable bonds is 9. The summed E-state index contributed by atoms with van der Waals surface area (Å²) < 4.78 is 0. The highest BCUT2D eigenvalue weighted by atomic mass is 32.2. The van der Waals surface area contributed by atoms with Gasteiger partial charge in [-0.05, 0) is 57.0 Å².